The molecule has 0 fully saturated rings. The number of benzene rings is 3. The fraction of sp³-hybridized carbons (Fsp3) is 0.0870. The van der Waals surface area contributed by atoms with Crippen molar-refractivity contribution in [3.63, 3.8) is 0 Å². The molecule has 0 aliphatic carbocycles. The Hall–Kier alpha value is -4.04. The zero-order chi connectivity index (χ0) is 22.1. The summed E-state index contributed by atoms with van der Waals surface area (Å²) in [5, 5.41) is 7.87. The van der Waals surface area contributed by atoms with Gasteiger partial charge >= 0.3 is 6.01 Å². The van der Waals surface area contributed by atoms with Crippen LogP contribution in [0.4, 0.5) is 5.69 Å². The Morgan fingerprint density at radius 1 is 1.03 bits per heavy atom. The van der Waals surface area contributed by atoms with E-state index in [1.54, 1.807) is 41.1 Å². The number of halogens is 1. The molecule has 1 aliphatic heterocycles. The first-order valence-corrected chi connectivity index (χ1v) is 10.1. The summed E-state index contributed by atoms with van der Waals surface area (Å²) in [5.74, 6) is 1.69. The SMILES string of the molecule is COc1nc(-c2ccc3c(c2)OCO3)n(-c2ccc(NC(=O)c3ccc(Cl)cc3)cc2)n1. The molecule has 1 N–H and O–H groups in total. The summed E-state index contributed by atoms with van der Waals surface area (Å²) in [6, 6.07) is 19.8. The highest BCUT2D eigenvalue weighted by molar-refractivity contribution is 6.30. The van der Waals surface area contributed by atoms with E-state index < -0.39 is 0 Å². The second kappa shape index (κ2) is 8.24. The maximum Gasteiger partial charge on any atom is 0.336 e. The molecule has 32 heavy (non-hydrogen) atoms. The highest BCUT2D eigenvalue weighted by atomic mass is 35.5. The van der Waals surface area contributed by atoms with E-state index >= 15 is 0 Å². The Balaban J connectivity index is 1.42. The summed E-state index contributed by atoms with van der Waals surface area (Å²) < 4.78 is 17.8. The second-order valence-corrected chi connectivity index (χ2v) is 7.35. The van der Waals surface area contributed by atoms with E-state index in [1.807, 2.05) is 30.3 Å². The van der Waals surface area contributed by atoms with Crippen molar-refractivity contribution in [3.8, 4) is 34.6 Å². The van der Waals surface area contributed by atoms with Crippen LogP contribution in [-0.4, -0.2) is 34.6 Å². The fourth-order valence-corrected chi connectivity index (χ4v) is 3.40. The number of anilines is 1. The third kappa shape index (κ3) is 3.83. The van der Waals surface area contributed by atoms with Crippen LogP contribution in [0.5, 0.6) is 17.5 Å². The zero-order valence-electron chi connectivity index (χ0n) is 16.9. The molecule has 3 aromatic carbocycles. The smallest absolute Gasteiger partial charge is 0.336 e. The lowest BCUT2D eigenvalue weighted by Gasteiger charge is -2.09. The minimum atomic E-state index is -0.224. The Bertz CT molecular complexity index is 1290. The topological polar surface area (TPSA) is 87.5 Å². The number of rotatable bonds is 5. The van der Waals surface area contributed by atoms with Crippen LogP contribution in [0.1, 0.15) is 10.4 Å². The molecule has 8 nitrogen and oxygen atoms in total. The Morgan fingerprint density at radius 3 is 2.53 bits per heavy atom. The van der Waals surface area contributed by atoms with E-state index in [2.05, 4.69) is 15.4 Å². The van der Waals surface area contributed by atoms with Gasteiger partial charge in [0.1, 0.15) is 0 Å². The van der Waals surface area contributed by atoms with Gasteiger partial charge in [-0.1, -0.05) is 11.6 Å². The minimum absolute atomic E-state index is 0.192. The number of nitrogens with zero attached hydrogens (tertiary/aromatic N) is 3. The van der Waals surface area contributed by atoms with E-state index in [0.29, 0.717) is 33.6 Å². The van der Waals surface area contributed by atoms with Crippen molar-refractivity contribution in [3.05, 3.63) is 77.3 Å². The van der Waals surface area contributed by atoms with Gasteiger partial charge in [0.25, 0.3) is 5.91 Å². The van der Waals surface area contributed by atoms with E-state index in [1.165, 1.54) is 7.11 Å². The molecule has 0 radical (unpaired) electrons. The maximum absolute atomic E-state index is 12.4. The summed E-state index contributed by atoms with van der Waals surface area (Å²) in [6.07, 6.45) is 0. The normalized spacial score (nSPS) is 11.9. The fourth-order valence-electron chi connectivity index (χ4n) is 3.27. The van der Waals surface area contributed by atoms with Gasteiger partial charge in [-0.3, -0.25) is 4.79 Å². The molecule has 0 bridgehead atoms. The van der Waals surface area contributed by atoms with Crippen LogP contribution in [0.3, 0.4) is 0 Å². The number of hydrogen-bond acceptors (Lipinski definition) is 6. The number of amides is 1. The second-order valence-electron chi connectivity index (χ2n) is 6.91. The molecular weight excluding hydrogens is 432 g/mol. The molecule has 9 heteroatoms. The van der Waals surface area contributed by atoms with Gasteiger partial charge in [-0.15, -0.1) is 5.10 Å². The average molecular weight is 449 g/mol. The maximum atomic E-state index is 12.4. The number of methoxy groups -OCH3 is 1. The van der Waals surface area contributed by atoms with Crippen molar-refractivity contribution < 1.29 is 19.0 Å². The first-order valence-electron chi connectivity index (χ1n) is 9.69. The highest BCUT2D eigenvalue weighted by Crippen LogP contribution is 2.36. The lowest BCUT2D eigenvalue weighted by molar-refractivity contribution is 0.102. The van der Waals surface area contributed by atoms with Crippen molar-refractivity contribution in [2.75, 3.05) is 19.2 Å². The van der Waals surface area contributed by atoms with Gasteiger partial charge in [0.2, 0.25) is 6.79 Å². The van der Waals surface area contributed by atoms with Crippen LogP contribution in [0.15, 0.2) is 66.7 Å². The number of fused-ring (bicyclic) bond motifs is 1. The third-order valence-corrected chi connectivity index (χ3v) is 5.13. The van der Waals surface area contributed by atoms with E-state index in [9.17, 15) is 4.79 Å². The molecule has 1 aliphatic rings. The van der Waals surface area contributed by atoms with Gasteiger partial charge in [-0.05, 0) is 66.7 Å². The molecule has 0 atom stereocenters. The number of hydrogen-bond donors (Lipinski definition) is 1. The number of carbonyl (C=O) groups is 1. The number of ether oxygens (including phenoxy) is 3. The Kier molecular flexibility index (Phi) is 5.12. The van der Waals surface area contributed by atoms with Crippen LogP contribution < -0.4 is 19.5 Å². The van der Waals surface area contributed by atoms with Crippen molar-refractivity contribution in [2.24, 2.45) is 0 Å². The summed E-state index contributed by atoms with van der Waals surface area (Å²) in [5.41, 5.74) is 2.71. The predicted octanol–water partition coefficient (Wildman–Crippen LogP) is 4.58. The first kappa shape index (κ1) is 19.9. The molecular formula is C23H17ClN4O4. The van der Waals surface area contributed by atoms with E-state index in [-0.39, 0.29) is 18.7 Å². The quantitative estimate of drug-likeness (QED) is 0.481. The van der Waals surface area contributed by atoms with Crippen molar-refractivity contribution in [1.29, 1.82) is 0 Å². The highest BCUT2D eigenvalue weighted by Gasteiger charge is 2.19. The largest absolute Gasteiger partial charge is 0.466 e. The lowest BCUT2D eigenvalue weighted by atomic mass is 10.2. The van der Waals surface area contributed by atoms with E-state index in [4.69, 9.17) is 25.8 Å². The van der Waals surface area contributed by atoms with Crippen LogP contribution in [-0.2, 0) is 0 Å². The molecule has 2 heterocycles. The van der Waals surface area contributed by atoms with Crippen LogP contribution >= 0.6 is 11.6 Å². The zero-order valence-corrected chi connectivity index (χ0v) is 17.7. The summed E-state index contributed by atoms with van der Waals surface area (Å²) in [7, 11) is 1.51. The van der Waals surface area contributed by atoms with Crippen molar-refractivity contribution in [1.82, 2.24) is 14.8 Å². The van der Waals surface area contributed by atoms with Gasteiger partial charge in [0.15, 0.2) is 17.3 Å². The van der Waals surface area contributed by atoms with Gasteiger partial charge in [0, 0.05) is 21.8 Å². The molecule has 0 saturated carbocycles. The van der Waals surface area contributed by atoms with E-state index in [0.717, 1.165) is 11.3 Å². The lowest BCUT2D eigenvalue weighted by Crippen LogP contribution is -2.11. The van der Waals surface area contributed by atoms with Crippen LogP contribution in [0.2, 0.25) is 5.02 Å². The third-order valence-electron chi connectivity index (χ3n) is 4.88. The predicted molar refractivity (Wildman–Crippen MR) is 119 cm³/mol. The summed E-state index contributed by atoms with van der Waals surface area (Å²) in [4.78, 5) is 16.9. The molecule has 1 aromatic heterocycles. The van der Waals surface area contributed by atoms with Gasteiger partial charge < -0.3 is 19.5 Å². The summed E-state index contributed by atoms with van der Waals surface area (Å²) >= 11 is 5.88. The number of carbonyl (C=O) groups excluding carboxylic acids is 1. The van der Waals surface area contributed by atoms with Gasteiger partial charge in [-0.2, -0.15) is 4.98 Å². The molecule has 1 amide bonds. The molecule has 4 aromatic rings. The molecule has 0 unspecified atom stereocenters. The van der Waals surface area contributed by atoms with Gasteiger partial charge in [-0.25, -0.2) is 4.68 Å². The minimum Gasteiger partial charge on any atom is -0.466 e. The summed E-state index contributed by atoms with van der Waals surface area (Å²) in [6.45, 7) is 0.192. The molecule has 0 spiro atoms. The Morgan fingerprint density at radius 2 is 1.78 bits per heavy atom. The monoisotopic (exact) mass is 448 g/mol. The molecule has 0 saturated heterocycles. The average Bonchev–Trinajstić information content (AvgIpc) is 3.46. The first-order chi connectivity index (χ1) is 15.6. The number of aromatic nitrogens is 3. The number of nitrogens with one attached hydrogen (secondary N) is 1. The standard InChI is InChI=1S/C23H17ClN4O4/c1-30-23-26-21(15-4-11-19-20(12-15)32-13-31-19)28(27-23)18-9-7-17(8-10-18)25-22(29)14-2-5-16(24)6-3-14/h2-12H,13H2,1H3,(H,25,29). The Labute approximate surface area is 188 Å². The molecule has 5 rings (SSSR count). The van der Waals surface area contributed by atoms with Crippen molar-refractivity contribution in [2.45, 2.75) is 0 Å². The van der Waals surface area contributed by atoms with Crippen molar-refractivity contribution >= 4 is 23.2 Å². The molecule has 160 valence electrons. The van der Waals surface area contributed by atoms with Crippen LogP contribution in [0, 0.1) is 0 Å². The van der Waals surface area contributed by atoms with Crippen LogP contribution in [0.25, 0.3) is 17.1 Å². The van der Waals surface area contributed by atoms with Gasteiger partial charge in [0.05, 0.1) is 12.8 Å².